The van der Waals surface area contributed by atoms with E-state index < -0.39 is 40.8 Å². The van der Waals surface area contributed by atoms with Crippen LogP contribution in [0.5, 0.6) is 0 Å². The molecular weight excluding hydrogens is 540 g/mol. The van der Waals surface area contributed by atoms with E-state index in [0.29, 0.717) is 28.1 Å². The van der Waals surface area contributed by atoms with Crippen LogP contribution < -0.4 is 10.9 Å². The summed E-state index contributed by atoms with van der Waals surface area (Å²) in [5.41, 5.74) is -2.23. The number of hydrogen-bond acceptors (Lipinski definition) is 6. The molecule has 0 aliphatic carbocycles. The first-order valence-corrected chi connectivity index (χ1v) is 11.1. The van der Waals surface area contributed by atoms with Gasteiger partial charge >= 0.3 is 0 Å². The number of amides is 1. The highest BCUT2D eigenvalue weighted by molar-refractivity contribution is 14.1. The van der Waals surface area contributed by atoms with E-state index in [2.05, 4.69) is 0 Å². The average molecular weight is 562 g/mol. The Morgan fingerprint density at radius 1 is 1.22 bits per heavy atom. The van der Waals surface area contributed by atoms with Crippen molar-refractivity contribution in [2.75, 3.05) is 37.7 Å². The number of likely N-dealkylation sites (tertiary alicyclic amines) is 2. The summed E-state index contributed by atoms with van der Waals surface area (Å²) in [5.74, 6) is 1.92. The molecule has 2 fully saturated rings. The molecule has 4 rings (SSSR count). The molecule has 1 amide bonds. The van der Waals surface area contributed by atoms with Crippen LogP contribution in [0.3, 0.4) is 0 Å². The Morgan fingerprint density at radius 2 is 1.94 bits per heavy atom. The minimum Gasteiger partial charge on any atom is -0.392 e. The normalized spacial score (nSPS) is 20.3. The Bertz CT molecular complexity index is 1050. The smallest absolute Gasteiger partial charge is 0.256 e. The van der Waals surface area contributed by atoms with E-state index in [4.69, 9.17) is 5.84 Å². The molecule has 2 aliphatic rings. The molecule has 0 bridgehead atoms. The lowest BCUT2D eigenvalue weighted by Gasteiger charge is -2.48. The highest BCUT2D eigenvalue weighted by Crippen LogP contribution is 2.34. The lowest BCUT2D eigenvalue weighted by Crippen LogP contribution is -2.67. The number of anilines is 2. The Morgan fingerprint density at radius 3 is 2.56 bits per heavy atom. The Kier molecular flexibility index (Phi) is 6.38. The van der Waals surface area contributed by atoms with Crippen LogP contribution in [0.15, 0.2) is 30.3 Å². The molecule has 2 aliphatic heterocycles. The number of benzene rings is 2. The minimum atomic E-state index is -1.38. The van der Waals surface area contributed by atoms with Crippen LogP contribution in [0.1, 0.15) is 16.8 Å². The van der Waals surface area contributed by atoms with Gasteiger partial charge in [-0.25, -0.2) is 19.0 Å². The number of hydrazine groups is 1. The van der Waals surface area contributed by atoms with Crippen molar-refractivity contribution in [1.82, 2.24) is 9.80 Å². The Balaban J connectivity index is 1.56. The molecule has 32 heavy (non-hydrogen) atoms. The van der Waals surface area contributed by atoms with Crippen LogP contribution in [0.2, 0.25) is 0 Å². The van der Waals surface area contributed by atoms with Crippen LogP contribution in [0, 0.1) is 21.0 Å². The highest BCUT2D eigenvalue weighted by Gasteiger charge is 2.46. The zero-order chi connectivity index (χ0) is 23.2. The first-order valence-electron chi connectivity index (χ1n) is 9.98. The summed E-state index contributed by atoms with van der Waals surface area (Å²) in [6, 6.07) is 5.93. The maximum Gasteiger partial charge on any atom is 0.256 e. The van der Waals surface area contributed by atoms with Crippen LogP contribution in [-0.2, 0) is 0 Å². The number of hydrogen-bond donors (Lipinski definition) is 3. The van der Waals surface area contributed by atoms with Crippen molar-refractivity contribution < 1.29 is 28.2 Å². The molecule has 7 nitrogen and oxygen atoms in total. The lowest BCUT2D eigenvalue weighted by atomic mass is 9.92. The second kappa shape index (κ2) is 8.78. The molecule has 2 heterocycles. The summed E-state index contributed by atoms with van der Waals surface area (Å²) in [4.78, 5) is 16.3. The maximum atomic E-state index is 14.7. The topological polar surface area (TPSA) is 93.3 Å². The first-order chi connectivity index (χ1) is 15.1. The highest BCUT2D eigenvalue weighted by atomic mass is 127. The number of aliphatic hydroxyl groups is 2. The predicted molar refractivity (Wildman–Crippen MR) is 120 cm³/mol. The monoisotopic (exact) mass is 562 g/mol. The van der Waals surface area contributed by atoms with Crippen molar-refractivity contribution in [3.63, 3.8) is 0 Å². The summed E-state index contributed by atoms with van der Waals surface area (Å²) in [6.45, 7) is 1.36. The minimum absolute atomic E-state index is 0.0146. The lowest BCUT2D eigenvalue weighted by molar-refractivity contribution is -0.0958. The fraction of sp³-hybridized carbons (Fsp3) is 0.381. The second-order valence-electron chi connectivity index (χ2n) is 8.29. The van der Waals surface area contributed by atoms with Crippen LogP contribution >= 0.6 is 22.6 Å². The van der Waals surface area contributed by atoms with Gasteiger partial charge in [-0.05, 0) is 59.3 Å². The Labute approximate surface area is 196 Å². The molecule has 11 heteroatoms. The van der Waals surface area contributed by atoms with E-state index in [9.17, 15) is 28.2 Å². The van der Waals surface area contributed by atoms with Crippen LogP contribution in [0.25, 0.3) is 0 Å². The molecule has 0 aromatic heterocycles. The van der Waals surface area contributed by atoms with Gasteiger partial charge in [-0.2, -0.15) is 0 Å². The van der Waals surface area contributed by atoms with Gasteiger partial charge in [-0.1, -0.05) is 0 Å². The van der Waals surface area contributed by atoms with E-state index in [0.717, 1.165) is 12.1 Å². The number of nitrogens with zero attached hydrogens (tertiary/aromatic N) is 3. The number of carbonyl (C=O) groups excluding carboxylic acids is 1. The van der Waals surface area contributed by atoms with E-state index in [1.807, 2.05) is 27.5 Å². The molecule has 1 unspecified atom stereocenters. The van der Waals surface area contributed by atoms with Gasteiger partial charge in [0.15, 0.2) is 11.6 Å². The van der Waals surface area contributed by atoms with Crippen molar-refractivity contribution in [2.24, 2.45) is 5.84 Å². The predicted octanol–water partition coefficient (Wildman–Crippen LogP) is 1.97. The molecule has 2 saturated heterocycles. The van der Waals surface area contributed by atoms with Crippen molar-refractivity contribution in [1.29, 1.82) is 0 Å². The molecule has 0 radical (unpaired) electrons. The van der Waals surface area contributed by atoms with Gasteiger partial charge in [0.1, 0.15) is 17.1 Å². The van der Waals surface area contributed by atoms with Crippen molar-refractivity contribution in [3.05, 3.63) is 56.9 Å². The third kappa shape index (κ3) is 4.44. The van der Waals surface area contributed by atoms with Gasteiger partial charge in [-0.15, -0.1) is 0 Å². The van der Waals surface area contributed by atoms with Crippen molar-refractivity contribution in [2.45, 2.75) is 18.1 Å². The van der Waals surface area contributed by atoms with Gasteiger partial charge in [0.05, 0.1) is 30.4 Å². The fourth-order valence-electron chi connectivity index (χ4n) is 4.20. The number of halogens is 4. The number of nitrogens with two attached hydrogens (primary N) is 1. The standard InChI is InChI=1S/C21H22F3IN4O3/c22-15-3-2-14(19(18(15)24)29(26)17-4-1-12(25)7-16(17)23)20(31)28-10-21(32,11-28)9-27-6-5-13(30)8-27/h1-4,7,13,30,32H,5-6,8-11,26H2. The first kappa shape index (κ1) is 23.2. The zero-order valence-corrected chi connectivity index (χ0v) is 19.1. The molecule has 4 N–H and O–H groups in total. The molecule has 2 aromatic carbocycles. The van der Waals surface area contributed by atoms with E-state index >= 15 is 0 Å². The van der Waals surface area contributed by atoms with E-state index in [1.54, 1.807) is 6.07 Å². The van der Waals surface area contributed by atoms with Crippen molar-refractivity contribution in [3.8, 4) is 0 Å². The summed E-state index contributed by atoms with van der Waals surface area (Å²) in [6.07, 6.45) is 0.191. The summed E-state index contributed by atoms with van der Waals surface area (Å²) in [5, 5.41) is 21.0. The van der Waals surface area contributed by atoms with Gasteiger partial charge in [0.25, 0.3) is 5.91 Å². The quantitative estimate of drug-likeness (QED) is 0.294. The number of aliphatic hydroxyl groups excluding tert-OH is 1. The third-order valence-corrected chi connectivity index (χ3v) is 6.40. The molecule has 1 atom stereocenters. The molecule has 2 aromatic rings. The number of rotatable bonds is 5. The summed E-state index contributed by atoms with van der Waals surface area (Å²) < 4.78 is 43.7. The summed E-state index contributed by atoms with van der Waals surface area (Å²) >= 11 is 1.90. The van der Waals surface area contributed by atoms with Crippen LogP contribution in [-0.4, -0.2) is 70.3 Å². The van der Waals surface area contributed by atoms with Gasteiger partial charge in [0, 0.05) is 23.2 Å². The molecule has 172 valence electrons. The SMILES string of the molecule is NN(c1ccc(I)cc1F)c1c(C(=O)N2CC(O)(CN3CCC(O)C3)C2)ccc(F)c1F. The average Bonchev–Trinajstić information content (AvgIpc) is 3.11. The summed E-state index contributed by atoms with van der Waals surface area (Å²) in [7, 11) is 0. The zero-order valence-electron chi connectivity index (χ0n) is 16.9. The third-order valence-electron chi connectivity index (χ3n) is 5.73. The molecular formula is C21H22F3IN4O3. The van der Waals surface area contributed by atoms with E-state index in [1.165, 1.54) is 17.0 Å². The van der Waals surface area contributed by atoms with Gasteiger partial charge in [-0.3, -0.25) is 14.7 Å². The van der Waals surface area contributed by atoms with Gasteiger partial charge in [0.2, 0.25) is 0 Å². The molecule has 0 spiro atoms. The number of carbonyl (C=O) groups is 1. The molecule has 0 saturated carbocycles. The largest absolute Gasteiger partial charge is 0.392 e. The van der Waals surface area contributed by atoms with E-state index in [-0.39, 0.29) is 30.9 Å². The second-order valence-corrected chi connectivity index (χ2v) is 9.53. The maximum absolute atomic E-state index is 14.7. The Hall–Kier alpha value is -1.93. The van der Waals surface area contributed by atoms with Crippen LogP contribution in [0.4, 0.5) is 24.5 Å². The van der Waals surface area contributed by atoms with Gasteiger partial charge < -0.3 is 15.1 Å². The number of β-amino-alcohol motifs (C(OH)–C–C–N with tert-alkyl or cyclic N) is 2. The van der Waals surface area contributed by atoms with Crippen molar-refractivity contribution >= 4 is 39.9 Å². The fourth-order valence-corrected chi connectivity index (χ4v) is 4.65.